The topological polar surface area (TPSA) is 83.8 Å². The predicted octanol–water partition coefficient (Wildman–Crippen LogP) is 1.56. The number of nitrogens with zero attached hydrogens (tertiary/aromatic N) is 2. The van der Waals surface area contributed by atoms with Gasteiger partial charge in [-0.05, 0) is 24.3 Å². The number of amides is 1. The molecule has 0 unspecified atom stereocenters. The summed E-state index contributed by atoms with van der Waals surface area (Å²) in [4.78, 5) is 15.6. The number of carbonyl (C=O) groups is 1. The Labute approximate surface area is 115 Å². The molecule has 2 rings (SSSR count). The molecule has 0 saturated heterocycles. The number of aromatic nitrogens is 1. The van der Waals surface area contributed by atoms with Crippen LogP contribution in [0.3, 0.4) is 0 Å². The van der Waals surface area contributed by atoms with Crippen LogP contribution >= 0.6 is 0 Å². The molecule has 1 aromatic heterocycles. The Balaban J connectivity index is 2.06. The number of benzene rings is 1. The highest BCUT2D eigenvalue weighted by molar-refractivity contribution is 5.93. The number of phenols is 1. The first-order valence-corrected chi connectivity index (χ1v) is 5.83. The quantitative estimate of drug-likeness (QED) is 0.653. The molecule has 0 aliphatic carbocycles. The fourth-order valence-electron chi connectivity index (χ4n) is 1.52. The number of rotatable bonds is 4. The predicted molar refractivity (Wildman–Crippen MR) is 74.0 cm³/mol. The maximum atomic E-state index is 11.7. The molecule has 0 spiro atoms. The van der Waals surface area contributed by atoms with Gasteiger partial charge in [-0.3, -0.25) is 9.78 Å². The highest BCUT2D eigenvalue weighted by Crippen LogP contribution is 2.27. The minimum Gasteiger partial charge on any atom is -0.504 e. The van der Waals surface area contributed by atoms with Gasteiger partial charge in [0.05, 0.1) is 13.3 Å². The summed E-state index contributed by atoms with van der Waals surface area (Å²) < 4.78 is 4.97. The Morgan fingerprint density at radius 2 is 2.20 bits per heavy atom. The smallest absolute Gasteiger partial charge is 0.289 e. The van der Waals surface area contributed by atoms with E-state index in [1.165, 1.54) is 19.5 Å². The summed E-state index contributed by atoms with van der Waals surface area (Å²) in [5.74, 6) is -0.125. The van der Waals surface area contributed by atoms with Crippen LogP contribution < -0.4 is 10.2 Å². The van der Waals surface area contributed by atoms with Crippen molar-refractivity contribution in [3.05, 3.63) is 53.9 Å². The van der Waals surface area contributed by atoms with Crippen molar-refractivity contribution in [3.8, 4) is 11.5 Å². The minimum atomic E-state index is -0.427. The first-order chi connectivity index (χ1) is 9.72. The van der Waals surface area contributed by atoms with E-state index in [2.05, 4.69) is 15.5 Å². The highest BCUT2D eigenvalue weighted by Gasteiger charge is 2.06. The van der Waals surface area contributed by atoms with Crippen LogP contribution in [0, 0.1) is 0 Å². The van der Waals surface area contributed by atoms with Gasteiger partial charge in [0.25, 0.3) is 5.91 Å². The van der Waals surface area contributed by atoms with Crippen molar-refractivity contribution in [1.29, 1.82) is 0 Å². The lowest BCUT2D eigenvalue weighted by molar-refractivity contribution is 0.0950. The van der Waals surface area contributed by atoms with E-state index in [1.54, 1.807) is 36.4 Å². The molecule has 1 heterocycles. The van der Waals surface area contributed by atoms with Crippen molar-refractivity contribution in [2.24, 2.45) is 5.10 Å². The lowest BCUT2D eigenvalue weighted by Gasteiger charge is -2.04. The van der Waals surface area contributed by atoms with Gasteiger partial charge < -0.3 is 9.84 Å². The average Bonchev–Trinajstić information content (AvgIpc) is 2.49. The molecule has 6 heteroatoms. The molecule has 1 aromatic carbocycles. The number of hydrazone groups is 1. The van der Waals surface area contributed by atoms with Crippen molar-refractivity contribution in [1.82, 2.24) is 10.4 Å². The third-order valence-corrected chi connectivity index (χ3v) is 2.52. The monoisotopic (exact) mass is 271 g/mol. The fourth-order valence-corrected chi connectivity index (χ4v) is 1.52. The number of hydrogen-bond donors (Lipinski definition) is 2. The average molecular weight is 271 g/mol. The third-order valence-electron chi connectivity index (χ3n) is 2.52. The molecule has 6 nitrogen and oxygen atoms in total. The third kappa shape index (κ3) is 3.11. The zero-order chi connectivity index (χ0) is 14.4. The number of hydrogen-bond acceptors (Lipinski definition) is 5. The van der Waals surface area contributed by atoms with Gasteiger partial charge in [-0.15, -0.1) is 0 Å². The fraction of sp³-hybridized carbons (Fsp3) is 0.0714. The van der Waals surface area contributed by atoms with Gasteiger partial charge in [0.2, 0.25) is 0 Å². The standard InChI is InChI=1S/C14H13N3O3/c1-20-12-7-4-5-10(13(12)18)9-16-17-14(19)11-6-2-3-8-15-11/h2-9,18H,1H3,(H,17,19)/b16-9+. The van der Waals surface area contributed by atoms with Gasteiger partial charge in [0.1, 0.15) is 5.69 Å². The number of para-hydroxylation sites is 1. The van der Waals surface area contributed by atoms with Crippen LogP contribution in [0.4, 0.5) is 0 Å². The normalized spacial score (nSPS) is 10.4. The molecule has 0 radical (unpaired) electrons. The summed E-state index contributed by atoms with van der Waals surface area (Å²) in [6.45, 7) is 0. The lowest BCUT2D eigenvalue weighted by atomic mass is 10.2. The number of phenolic OH excluding ortho intramolecular Hbond substituents is 1. The van der Waals surface area contributed by atoms with E-state index in [0.717, 1.165) is 0 Å². The summed E-state index contributed by atoms with van der Waals surface area (Å²) in [7, 11) is 1.46. The molecule has 0 fully saturated rings. The van der Waals surface area contributed by atoms with Crippen LogP contribution in [0.1, 0.15) is 16.1 Å². The van der Waals surface area contributed by atoms with E-state index < -0.39 is 5.91 Å². The Hall–Kier alpha value is -2.89. The van der Waals surface area contributed by atoms with Crippen LogP contribution in [-0.2, 0) is 0 Å². The summed E-state index contributed by atoms with van der Waals surface area (Å²) in [5.41, 5.74) is 3.03. The number of methoxy groups -OCH3 is 1. The second-order valence-electron chi connectivity index (χ2n) is 3.81. The number of pyridine rings is 1. The molecule has 0 atom stereocenters. The Kier molecular flexibility index (Phi) is 4.28. The number of nitrogens with one attached hydrogen (secondary N) is 1. The molecule has 20 heavy (non-hydrogen) atoms. The Morgan fingerprint density at radius 3 is 2.90 bits per heavy atom. The number of carbonyl (C=O) groups excluding carboxylic acids is 1. The second-order valence-corrected chi connectivity index (χ2v) is 3.81. The molecular formula is C14H13N3O3. The summed E-state index contributed by atoms with van der Waals surface area (Å²) in [6, 6.07) is 9.98. The van der Waals surface area contributed by atoms with Crippen LogP contribution in [0.15, 0.2) is 47.7 Å². The second kappa shape index (κ2) is 6.33. The van der Waals surface area contributed by atoms with E-state index in [4.69, 9.17) is 4.74 Å². The van der Waals surface area contributed by atoms with Crippen LogP contribution in [0.25, 0.3) is 0 Å². The van der Waals surface area contributed by atoms with Gasteiger partial charge in [-0.1, -0.05) is 12.1 Å². The minimum absolute atomic E-state index is 0.0363. The van der Waals surface area contributed by atoms with Gasteiger partial charge in [0.15, 0.2) is 11.5 Å². The number of ether oxygens (including phenoxy) is 1. The van der Waals surface area contributed by atoms with Crippen molar-refractivity contribution in [2.45, 2.75) is 0 Å². The molecule has 2 aromatic rings. The maximum Gasteiger partial charge on any atom is 0.289 e. The van der Waals surface area contributed by atoms with E-state index in [-0.39, 0.29) is 11.4 Å². The molecule has 0 aliphatic heterocycles. The van der Waals surface area contributed by atoms with E-state index in [0.29, 0.717) is 11.3 Å². The SMILES string of the molecule is COc1cccc(/C=N/NC(=O)c2ccccn2)c1O. The summed E-state index contributed by atoms with van der Waals surface area (Å²) in [6.07, 6.45) is 2.85. The van der Waals surface area contributed by atoms with Crippen LogP contribution in [-0.4, -0.2) is 29.3 Å². The molecule has 0 aliphatic rings. The molecular weight excluding hydrogens is 258 g/mol. The molecule has 1 amide bonds. The van der Waals surface area contributed by atoms with Gasteiger partial charge >= 0.3 is 0 Å². The van der Waals surface area contributed by atoms with Crippen molar-refractivity contribution >= 4 is 12.1 Å². The van der Waals surface area contributed by atoms with E-state index in [1.807, 2.05) is 0 Å². The highest BCUT2D eigenvalue weighted by atomic mass is 16.5. The lowest BCUT2D eigenvalue weighted by Crippen LogP contribution is -2.18. The van der Waals surface area contributed by atoms with Gasteiger partial charge in [-0.2, -0.15) is 5.10 Å². The van der Waals surface area contributed by atoms with Crippen molar-refractivity contribution in [2.75, 3.05) is 7.11 Å². The Morgan fingerprint density at radius 1 is 1.35 bits per heavy atom. The first-order valence-electron chi connectivity index (χ1n) is 5.83. The number of aromatic hydroxyl groups is 1. The summed E-state index contributed by atoms with van der Waals surface area (Å²) >= 11 is 0. The molecule has 0 saturated carbocycles. The van der Waals surface area contributed by atoms with Crippen LogP contribution in [0.5, 0.6) is 11.5 Å². The zero-order valence-corrected chi connectivity index (χ0v) is 10.8. The molecule has 0 bridgehead atoms. The van der Waals surface area contributed by atoms with Gasteiger partial charge in [-0.25, -0.2) is 5.43 Å². The Bertz CT molecular complexity index is 627. The first kappa shape index (κ1) is 13.5. The molecule has 2 N–H and O–H groups in total. The summed E-state index contributed by atoms with van der Waals surface area (Å²) in [5, 5.41) is 13.6. The molecule has 102 valence electrons. The van der Waals surface area contributed by atoms with Crippen LogP contribution in [0.2, 0.25) is 0 Å². The maximum absolute atomic E-state index is 11.7. The largest absolute Gasteiger partial charge is 0.504 e. The van der Waals surface area contributed by atoms with Gasteiger partial charge in [0, 0.05) is 11.8 Å². The van der Waals surface area contributed by atoms with E-state index in [9.17, 15) is 9.90 Å². The van der Waals surface area contributed by atoms with E-state index >= 15 is 0 Å². The van der Waals surface area contributed by atoms with Crippen molar-refractivity contribution < 1.29 is 14.6 Å². The van der Waals surface area contributed by atoms with Crippen molar-refractivity contribution in [3.63, 3.8) is 0 Å². The zero-order valence-electron chi connectivity index (χ0n) is 10.8.